The fourth-order valence-electron chi connectivity index (χ4n) is 5.32. The van der Waals surface area contributed by atoms with Gasteiger partial charge in [0.15, 0.2) is 11.6 Å². The number of allylic oxidation sites excluding steroid dienone is 2. The molecule has 0 aliphatic carbocycles. The molecule has 210 valence electrons. The molecule has 0 saturated carbocycles. The van der Waals surface area contributed by atoms with Gasteiger partial charge in [0.1, 0.15) is 0 Å². The molecule has 0 aliphatic heterocycles. The summed E-state index contributed by atoms with van der Waals surface area (Å²) in [5.41, 5.74) is 12.0. The first-order valence-electron chi connectivity index (χ1n) is 14.1. The van der Waals surface area contributed by atoms with Crippen molar-refractivity contribution in [2.45, 2.75) is 54.4 Å². The topological polar surface area (TPSA) is 40.6 Å². The Balaban J connectivity index is 1.92. The van der Waals surface area contributed by atoms with Gasteiger partial charge in [-0.3, -0.25) is 9.59 Å². The number of carbonyl (C=O) groups excluding carboxylic acids is 2. The molecule has 0 bridgehead atoms. The summed E-state index contributed by atoms with van der Waals surface area (Å²) in [6.07, 6.45) is 8.92. The lowest BCUT2D eigenvalue weighted by molar-refractivity contribution is 0.103. The molecule has 40 heavy (non-hydrogen) atoms. The van der Waals surface area contributed by atoms with E-state index in [-0.39, 0.29) is 11.6 Å². The zero-order chi connectivity index (χ0) is 29.7. The van der Waals surface area contributed by atoms with E-state index in [1.807, 2.05) is 68.0 Å². The van der Waals surface area contributed by atoms with Gasteiger partial charge in [0.2, 0.25) is 0 Å². The Morgan fingerprint density at radius 1 is 0.575 bits per heavy atom. The summed E-state index contributed by atoms with van der Waals surface area (Å²) in [6, 6.07) is 12.5. The minimum atomic E-state index is 0.0148. The number of anilines is 2. The van der Waals surface area contributed by atoms with Crippen molar-refractivity contribution in [2.24, 2.45) is 0 Å². The lowest BCUT2D eigenvalue weighted by Gasteiger charge is -2.17. The smallest absolute Gasteiger partial charge is 0.186 e. The van der Waals surface area contributed by atoms with E-state index in [2.05, 4.69) is 60.0 Å². The van der Waals surface area contributed by atoms with Crippen molar-refractivity contribution in [3.63, 3.8) is 0 Å². The van der Waals surface area contributed by atoms with E-state index in [0.717, 1.165) is 79.9 Å². The van der Waals surface area contributed by atoms with E-state index < -0.39 is 0 Å². The third-order valence-corrected chi connectivity index (χ3v) is 7.55. The van der Waals surface area contributed by atoms with Crippen LogP contribution in [0, 0.1) is 27.7 Å². The molecule has 0 spiro atoms. The standard InChI is InChI=1S/C36H44N2O2/c1-11-27-21-30(14-16-34(40)36-25(5)19-32(38(9)10)20-26(36)6)28(12-2)22-29(27)13-15-33(39)35-23(3)17-31(37(7)8)18-24(35)4/h13-22H,11-12H2,1-10H3. The maximum absolute atomic E-state index is 13.2. The maximum atomic E-state index is 13.2. The van der Waals surface area contributed by atoms with Crippen molar-refractivity contribution >= 4 is 35.1 Å². The monoisotopic (exact) mass is 536 g/mol. The molecule has 4 heteroatoms. The molecule has 0 aromatic heterocycles. The van der Waals surface area contributed by atoms with Crippen LogP contribution in [0.3, 0.4) is 0 Å². The van der Waals surface area contributed by atoms with Crippen LogP contribution in [0.4, 0.5) is 11.4 Å². The molecule has 0 heterocycles. The molecule has 0 amide bonds. The van der Waals surface area contributed by atoms with Crippen molar-refractivity contribution < 1.29 is 9.59 Å². The molecule has 0 atom stereocenters. The highest BCUT2D eigenvalue weighted by atomic mass is 16.1. The maximum Gasteiger partial charge on any atom is 0.186 e. The van der Waals surface area contributed by atoms with Crippen LogP contribution in [0.2, 0.25) is 0 Å². The quantitative estimate of drug-likeness (QED) is 0.195. The highest BCUT2D eigenvalue weighted by molar-refractivity contribution is 6.10. The minimum Gasteiger partial charge on any atom is -0.378 e. The fourth-order valence-corrected chi connectivity index (χ4v) is 5.32. The van der Waals surface area contributed by atoms with Crippen LogP contribution in [0.5, 0.6) is 0 Å². The molecule has 4 nitrogen and oxygen atoms in total. The van der Waals surface area contributed by atoms with Gasteiger partial charge in [-0.15, -0.1) is 0 Å². The number of carbonyl (C=O) groups is 2. The number of nitrogens with zero attached hydrogens (tertiary/aromatic N) is 2. The molecule has 3 rings (SSSR count). The van der Waals surface area contributed by atoms with E-state index in [9.17, 15) is 9.59 Å². The predicted molar refractivity (Wildman–Crippen MR) is 172 cm³/mol. The number of aryl methyl sites for hydroxylation is 6. The van der Waals surface area contributed by atoms with E-state index in [1.165, 1.54) is 0 Å². The summed E-state index contributed by atoms with van der Waals surface area (Å²) >= 11 is 0. The molecule has 0 aliphatic rings. The van der Waals surface area contributed by atoms with Crippen LogP contribution >= 0.6 is 0 Å². The Kier molecular flexibility index (Phi) is 9.92. The summed E-state index contributed by atoms with van der Waals surface area (Å²) < 4.78 is 0. The third kappa shape index (κ3) is 6.80. The number of rotatable bonds is 10. The Morgan fingerprint density at radius 2 is 0.875 bits per heavy atom. The minimum absolute atomic E-state index is 0.0148. The largest absolute Gasteiger partial charge is 0.378 e. The lowest BCUT2D eigenvalue weighted by Crippen LogP contribution is -2.11. The SMILES string of the molecule is CCc1cc(C=CC(=O)c2c(C)cc(N(C)C)cc2C)c(CC)cc1C=CC(=O)c1c(C)cc(N(C)C)cc1C. The number of hydrogen-bond acceptors (Lipinski definition) is 4. The Bertz CT molecular complexity index is 1330. The Hall–Kier alpha value is -3.92. The molecule has 0 unspecified atom stereocenters. The van der Waals surface area contributed by atoms with Crippen molar-refractivity contribution in [3.8, 4) is 0 Å². The molecular formula is C36H44N2O2. The first kappa shape index (κ1) is 30.6. The zero-order valence-electron chi connectivity index (χ0n) is 25.9. The Labute approximate surface area is 241 Å². The number of hydrogen-bond donors (Lipinski definition) is 0. The van der Waals surface area contributed by atoms with Gasteiger partial charge in [-0.2, -0.15) is 0 Å². The third-order valence-electron chi connectivity index (χ3n) is 7.55. The van der Waals surface area contributed by atoms with Crippen molar-refractivity contribution in [2.75, 3.05) is 38.0 Å². The predicted octanol–water partition coefficient (Wildman–Crippen LogP) is 7.97. The van der Waals surface area contributed by atoms with Gasteiger partial charge < -0.3 is 9.80 Å². The summed E-state index contributed by atoms with van der Waals surface area (Å²) in [6.45, 7) is 12.2. The van der Waals surface area contributed by atoms with Gasteiger partial charge in [-0.05, 0) is 121 Å². The molecule has 3 aromatic carbocycles. The van der Waals surface area contributed by atoms with Crippen molar-refractivity contribution in [1.29, 1.82) is 0 Å². The highest BCUT2D eigenvalue weighted by Gasteiger charge is 2.14. The van der Waals surface area contributed by atoms with Gasteiger partial charge in [0.05, 0.1) is 0 Å². The summed E-state index contributed by atoms with van der Waals surface area (Å²) in [7, 11) is 8.03. The molecule has 0 fully saturated rings. The van der Waals surface area contributed by atoms with Gasteiger partial charge in [0.25, 0.3) is 0 Å². The van der Waals surface area contributed by atoms with E-state index >= 15 is 0 Å². The van der Waals surface area contributed by atoms with Gasteiger partial charge in [0, 0.05) is 50.7 Å². The van der Waals surface area contributed by atoms with Crippen LogP contribution in [0.25, 0.3) is 12.2 Å². The zero-order valence-corrected chi connectivity index (χ0v) is 25.9. The summed E-state index contributed by atoms with van der Waals surface area (Å²) in [5, 5.41) is 0. The average Bonchev–Trinajstić information content (AvgIpc) is 2.89. The van der Waals surface area contributed by atoms with Crippen LogP contribution in [0.15, 0.2) is 48.6 Å². The average molecular weight is 537 g/mol. The van der Waals surface area contributed by atoms with Crippen LogP contribution in [-0.2, 0) is 12.8 Å². The van der Waals surface area contributed by atoms with E-state index in [0.29, 0.717) is 0 Å². The number of benzene rings is 3. The molecular weight excluding hydrogens is 492 g/mol. The lowest BCUT2D eigenvalue weighted by atomic mass is 9.93. The first-order valence-corrected chi connectivity index (χ1v) is 14.1. The number of ketones is 2. The highest BCUT2D eigenvalue weighted by Crippen LogP contribution is 2.26. The molecule has 0 radical (unpaired) electrons. The summed E-state index contributed by atoms with van der Waals surface area (Å²) in [4.78, 5) is 30.6. The second-order valence-corrected chi connectivity index (χ2v) is 11.1. The second kappa shape index (κ2) is 13.0. The van der Waals surface area contributed by atoms with E-state index in [4.69, 9.17) is 0 Å². The van der Waals surface area contributed by atoms with Crippen molar-refractivity contribution in [1.82, 2.24) is 0 Å². The Morgan fingerprint density at radius 3 is 1.12 bits per heavy atom. The first-order chi connectivity index (χ1) is 18.9. The molecule has 0 saturated heterocycles. The van der Waals surface area contributed by atoms with Gasteiger partial charge in [-0.25, -0.2) is 0 Å². The van der Waals surface area contributed by atoms with Crippen molar-refractivity contribution in [3.05, 3.63) is 104 Å². The van der Waals surface area contributed by atoms with Crippen LogP contribution in [-0.4, -0.2) is 39.8 Å². The van der Waals surface area contributed by atoms with E-state index in [1.54, 1.807) is 12.2 Å². The normalized spacial score (nSPS) is 11.4. The molecule has 3 aromatic rings. The van der Waals surface area contributed by atoms with Gasteiger partial charge >= 0.3 is 0 Å². The van der Waals surface area contributed by atoms with Crippen LogP contribution < -0.4 is 9.80 Å². The summed E-state index contributed by atoms with van der Waals surface area (Å²) in [5.74, 6) is 0.0296. The van der Waals surface area contributed by atoms with Crippen LogP contribution in [0.1, 0.15) is 79.1 Å². The molecule has 0 N–H and O–H groups in total. The fraction of sp³-hybridized carbons (Fsp3) is 0.333. The van der Waals surface area contributed by atoms with Gasteiger partial charge in [-0.1, -0.05) is 38.1 Å². The second-order valence-electron chi connectivity index (χ2n) is 11.1.